The molecule has 0 aliphatic carbocycles. The molecule has 148 valence electrons. The first-order valence-electron chi connectivity index (χ1n) is 8.98. The molecule has 1 saturated heterocycles. The number of ether oxygens (including phenoxy) is 2. The zero-order chi connectivity index (χ0) is 20.4. The van der Waals surface area contributed by atoms with Crippen LogP contribution in [0.2, 0.25) is 0 Å². The van der Waals surface area contributed by atoms with Crippen molar-refractivity contribution in [1.82, 2.24) is 0 Å². The summed E-state index contributed by atoms with van der Waals surface area (Å²) in [5, 5.41) is -1.07. The minimum Gasteiger partial charge on any atom is -0.497 e. The molecule has 3 aromatic rings. The number of anilines is 1. The van der Waals surface area contributed by atoms with Crippen molar-refractivity contribution < 1.29 is 22.7 Å². The predicted octanol–water partition coefficient (Wildman–Crippen LogP) is 3.95. The van der Waals surface area contributed by atoms with E-state index in [1.807, 2.05) is 30.3 Å². The van der Waals surface area contributed by atoms with Gasteiger partial charge in [-0.25, -0.2) is 8.42 Å². The summed E-state index contributed by atoms with van der Waals surface area (Å²) in [6.45, 7) is 0. The molecule has 3 aromatic carbocycles. The molecule has 0 radical (unpaired) electrons. The Morgan fingerprint density at radius 1 is 0.828 bits per heavy atom. The number of sulfone groups is 1. The summed E-state index contributed by atoms with van der Waals surface area (Å²) >= 11 is 0. The van der Waals surface area contributed by atoms with Crippen molar-refractivity contribution in [1.29, 1.82) is 0 Å². The molecule has 1 atom stereocenters. The largest absolute Gasteiger partial charge is 0.497 e. The van der Waals surface area contributed by atoms with Crippen molar-refractivity contribution in [2.75, 3.05) is 17.8 Å². The molecule has 1 aliphatic rings. The van der Waals surface area contributed by atoms with Crippen LogP contribution in [0.15, 0.2) is 78.9 Å². The normalized spacial score (nSPS) is 17.9. The quantitative estimate of drug-likeness (QED) is 0.638. The van der Waals surface area contributed by atoms with Crippen LogP contribution in [0.1, 0.15) is 10.9 Å². The Balaban J connectivity index is 1.65. The fraction of sp³-hybridized carbons (Fsp3) is 0.136. The van der Waals surface area contributed by atoms with Crippen LogP contribution >= 0.6 is 0 Å². The molecular weight excluding hydrogens is 390 g/mol. The van der Waals surface area contributed by atoms with Crippen LogP contribution in [0, 0.1) is 0 Å². The van der Waals surface area contributed by atoms with Gasteiger partial charge in [0.05, 0.1) is 7.11 Å². The van der Waals surface area contributed by atoms with Gasteiger partial charge in [-0.05, 0) is 54.1 Å². The van der Waals surface area contributed by atoms with Crippen molar-refractivity contribution in [3.05, 3.63) is 84.4 Å². The molecule has 0 aromatic heterocycles. The van der Waals surface area contributed by atoms with Gasteiger partial charge in [-0.2, -0.15) is 0 Å². The van der Waals surface area contributed by atoms with Crippen molar-refractivity contribution in [3.63, 3.8) is 0 Å². The predicted molar refractivity (Wildman–Crippen MR) is 110 cm³/mol. The molecule has 0 saturated carbocycles. The number of para-hydroxylation sites is 1. The van der Waals surface area contributed by atoms with Crippen molar-refractivity contribution in [3.8, 4) is 17.2 Å². The van der Waals surface area contributed by atoms with Crippen molar-refractivity contribution in [2.45, 2.75) is 5.37 Å². The molecule has 1 fully saturated rings. The Morgan fingerprint density at radius 3 is 2.03 bits per heavy atom. The smallest absolute Gasteiger partial charge is 0.243 e. The lowest BCUT2D eigenvalue weighted by Gasteiger charge is -2.24. The number of nitrogens with zero attached hydrogens (tertiary/aromatic N) is 1. The summed E-state index contributed by atoms with van der Waals surface area (Å²) < 4.78 is 36.4. The number of carbonyl (C=O) groups is 1. The minimum absolute atomic E-state index is 0.454. The van der Waals surface area contributed by atoms with Gasteiger partial charge in [-0.15, -0.1) is 0 Å². The first-order chi connectivity index (χ1) is 14.0. The average molecular weight is 409 g/mol. The van der Waals surface area contributed by atoms with Gasteiger partial charge in [0.15, 0.2) is 15.2 Å². The molecule has 6 nitrogen and oxygen atoms in total. The first-order valence-corrected chi connectivity index (χ1v) is 10.7. The number of amides is 1. The molecule has 1 amide bonds. The van der Waals surface area contributed by atoms with E-state index in [4.69, 9.17) is 9.47 Å². The lowest BCUT2D eigenvalue weighted by molar-refractivity contribution is -0.115. The summed E-state index contributed by atoms with van der Waals surface area (Å²) in [4.78, 5) is 13.8. The van der Waals surface area contributed by atoms with Crippen LogP contribution in [0.3, 0.4) is 0 Å². The summed E-state index contributed by atoms with van der Waals surface area (Å²) in [6, 6.07) is 22.8. The molecular formula is C22H19NO5S. The van der Waals surface area contributed by atoms with E-state index in [0.717, 1.165) is 0 Å². The SMILES string of the molecule is COc1ccc(N2C(=O)CS(=O)(=O)[C@H]2c2ccc(Oc3ccccc3)cc2)cc1. The molecule has 0 N–H and O–H groups in total. The zero-order valence-electron chi connectivity index (χ0n) is 15.7. The molecule has 1 heterocycles. The Labute approximate surface area is 169 Å². The van der Waals surface area contributed by atoms with Gasteiger partial charge in [0.1, 0.15) is 23.0 Å². The lowest BCUT2D eigenvalue weighted by Crippen LogP contribution is -2.29. The number of methoxy groups -OCH3 is 1. The highest BCUT2D eigenvalue weighted by molar-refractivity contribution is 7.93. The Morgan fingerprint density at radius 2 is 1.41 bits per heavy atom. The minimum atomic E-state index is -3.67. The summed E-state index contributed by atoms with van der Waals surface area (Å²) in [5.41, 5.74) is 1.01. The van der Waals surface area contributed by atoms with Gasteiger partial charge in [-0.3, -0.25) is 9.69 Å². The summed E-state index contributed by atoms with van der Waals surface area (Å²) in [7, 11) is -2.13. The third-order valence-electron chi connectivity index (χ3n) is 4.66. The van der Waals surface area contributed by atoms with E-state index in [0.29, 0.717) is 28.5 Å². The van der Waals surface area contributed by atoms with E-state index in [1.54, 1.807) is 55.6 Å². The van der Waals surface area contributed by atoms with Gasteiger partial charge in [0, 0.05) is 5.69 Å². The van der Waals surface area contributed by atoms with Gasteiger partial charge in [0.25, 0.3) is 0 Å². The monoisotopic (exact) mass is 409 g/mol. The summed E-state index contributed by atoms with van der Waals surface area (Å²) in [5.74, 6) is 0.917. The maximum absolute atomic E-state index is 12.7. The van der Waals surface area contributed by atoms with Crippen LogP contribution in [0.4, 0.5) is 5.69 Å². The fourth-order valence-corrected chi connectivity index (χ4v) is 5.09. The third kappa shape index (κ3) is 3.82. The van der Waals surface area contributed by atoms with Crippen LogP contribution in [0.5, 0.6) is 17.2 Å². The molecule has 0 unspecified atom stereocenters. The number of benzene rings is 3. The van der Waals surface area contributed by atoms with E-state index in [9.17, 15) is 13.2 Å². The van der Waals surface area contributed by atoms with E-state index in [2.05, 4.69) is 0 Å². The topological polar surface area (TPSA) is 72.9 Å². The van der Waals surface area contributed by atoms with Crippen LogP contribution < -0.4 is 14.4 Å². The van der Waals surface area contributed by atoms with E-state index in [1.165, 1.54) is 4.90 Å². The number of hydrogen-bond acceptors (Lipinski definition) is 5. The number of hydrogen-bond donors (Lipinski definition) is 0. The molecule has 0 spiro atoms. The highest BCUT2D eigenvalue weighted by atomic mass is 32.2. The second-order valence-corrected chi connectivity index (χ2v) is 8.67. The van der Waals surface area contributed by atoms with E-state index < -0.39 is 26.9 Å². The molecule has 7 heteroatoms. The second-order valence-electron chi connectivity index (χ2n) is 6.61. The van der Waals surface area contributed by atoms with Crippen molar-refractivity contribution in [2.24, 2.45) is 0 Å². The Kier molecular flexibility index (Phi) is 4.98. The second kappa shape index (κ2) is 7.60. The maximum Gasteiger partial charge on any atom is 0.243 e. The van der Waals surface area contributed by atoms with Crippen LogP contribution in [-0.2, 0) is 14.6 Å². The van der Waals surface area contributed by atoms with Crippen LogP contribution in [0.25, 0.3) is 0 Å². The summed E-state index contributed by atoms with van der Waals surface area (Å²) in [6.07, 6.45) is 0. The van der Waals surface area contributed by atoms with Crippen LogP contribution in [-0.4, -0.2) is 27.2 Å². The fourth-order valence-electron chi connectivity index (χ4n) is 3.32. The van der Waals surface area contributed by atoms with E-state index in [-0.39, 0.29) is 0 Å². The Bertz CT molecular complexity index is 1110. The lowest BCUT2D eigenvalue weighted by atomic mass is 10.1. The van der Waals surface area contributed by atoms with Crippen molar-refractivity contribution >= 4 is 21.4 Å². The standard InChI is InChI=1S/C22H19NO5S/c1-27-18-13-9-17(10-14-18)23-21(24)15-29(25,26)22(23)16-7-11-20(12-8-16)28-19-5-3-2-4-6-19/h2-14,22H,15H2,1H3/t22-/m0/s1. The Hall–Kier alpha value is -3.32. The van der Waals surface area contributed by atoms with Gasteiger partial charge < -0.3 is 9.47 Å². The molecule has 29 heavy (non-hydrogen) atoms. The number of rotatable bonds is 5. The highest BCUT2D eigenvalue weighted by Gasteiger charge is 2.45. The molecule has 0 bridgehead atoms. The van der Waals surface area contributed by atoms with E-state index >= 15 is 0 Å². The van der Waals surface area contributed by atoms with Gasteiger partial charge in [-0.1, -0.05) is 30.3 Å². The molecule has 4 rings (SSSR count). The maximum atomic E-state index is 12.7. The third-order valence-corrected chi connectivity index (χ3v) is 6.48. The number of carbonyl (C=O) groups excluding carboxylic acids is 1. The zero-order valence-corrected chi connectivity index (χ0v) is 16.5. The van der Waals surface area contributed by atoms with Gasteiger partial charge >= 0.3 is 0 Å². The first kappa shape index (κ1) is 19.0. The average Bonchev–Trinajstić information content (AvgIpc) is 2.97. The molecule has 1 aliphatic heterocycles. The highest BCUT2D eigenvalue weighted by Crippen LogP contribution is 2.38. The van der Waals surface area contributed by atoms with Gasteiger partial charge in [0.2, 0.25) is 5.91 Å².